The van der Waals surface area contributed by atoms with Gasteiger partial charge in [-0.05, 0) is 125 Å². The molecular weight excluding hydrogens is 735 g/mol. The summed E-state index contributed by atoms with van der Waals surface area (Å²) in [5.74, 6) is 0.145. The highest BCUT2D eigenvalue weighted by Gasteiger charge is 2.28. The highest BCUT2D eigenvalue weighted by Crippen LogP contribution is 2.40. The van der Waals surface area contributed by atoms with Gasteiger partial charge in [-0.15, -0.1) is 0 Å². The fourth-order valence-electron chi connectivity index (χ4n) is 8.71. The largest absolute Gasteiger partial charge is 0.338 e. The van der Waals surface area contributed by atoms with Crippen LogP contribution in [0.5, 0.6) is 0 Å². The fourth-order valence-corrected chi connectivity index (χ4v) is 8.71. The predicted molar refractivity (Wildman–Crippen MR) is 269 cm³/mol. The van der Waals surface area contributed by atoms with E-state index in [1.807, 2.05) is 27.7 Å². The molecule has 0 radical (unpaired) electrons. The monoisotopic (exact) mass is 802 g/mol. The number of benzene rings is 5. The highest BCUT2D eigenvalue weighted by atomic mass is 15.2. The van der Waals surface area contributed by atoms with Crippen LogP contribution in [0.4, 0.5) is 5.69 Å². The van der Waals surface area contributed by atoms with Crippen LogP contribution >= 0.6 is 0 Å². The Labute approximate surface area is 369 Å². The molecule has 0 spiro atoms. The van der Waals surface area contributed by atoms with Gasteiger partial charge in [0.2, 0.25) is 0 Å². The maximum Gasteiger partial charge on any atom is 0.0597 e. The molecule has 0 saturated carbocycles. The summed E-state index contributed by atoms with van der Waals surface area (Å²) < 4.78 is 0. The van der Waals surface area contributed by atoms with Crippen LogP contribution in [-0.2, 0) is 6.42 Å². The van der Waals surface area contributed by atoms with Gasteiger partial charge in [0.1, 0.15) is 0 Å². The maximum atomic E-state index is 2.69. The van der Waals surface area contributed by atoms with Gasteiger partial charge < -0.3 is 4.90 Å². The minimum Gasteiger partial charge on any atom is -0.338 e. The van der Waals surface area contributed by atoms with Crippen LogP contribution < -0.4 is 4.90 Å². The van der Waals surface area contributed by atoms with Gasteiger partial charge in [0.25, 0.3) is 0 Å². The second kappa shape index (κ2) is 23.2. The lowest BCUT2D eigenvalue weighted by atomic mass is 9.87. The molecule has 1 nitrogen and oxygen atoms in total. The van der Waals surface area contributed by atoms with E-state index in [4.69, 9.17) is 0 Å². The van der Waals surface area contributed by atoms with Gasteiger partial charge in [-0.3, -0.25) is 0 Å². The molecule has 0 aromatic heterocycles. The molecule has 0 fully saturated rings. The van der Waals surface area contributed by atoms with Crippen LogP contribution in [-0.4, -0.2) is 6.04 Å². The maximum absolute atomic E-state index is 2.69. The third kappa shape index (κ3) is 11.3. The number of rotatable bonds is 12. The van der Waals surface area contributed by atoms with E-state index in [1.165, 1.54) is 85.5 Å². The summed E-state index contributed by atoms with van der Waals surface area (Å²) in [4.78, 5) is 2.69. The molecule has 0 aliphatic heterocycles. The number of hydrogen-bond donors (Lipinski definition) is 0. The van der Waals surface area contributed by atoms with Gasteiger partial charge in [-0.25, -0.2) is 0 Å². The van der Waals surface area contributed by atoms with E-state index in [0.717, 1.165) is 38.5 Å². The SMILES string of the molecule is CC.CC.CCCCc1cc(C2=CC=CCCC2N(C2=CC=C(CC)CC2)c2ccc(C3C=CC(c4ccccc4)=CC(c4ccccc4)=C3)cc2)ccc1-c1ccccc1. The molecule has 8 rings (SSSR count). The van der Waals surface area contributed by atoms with Crippen LogP contribution in [0.25, 0.3) is 27.8 Å². The van der Waals surface area contributed by atoms with Crippen molar-refractivity contribution in [1.29, 1.82) is 0 Å². The minimum atomic E-state index is 0.145. The Kier molecular flexibility index (Phi) is 17.0. The zero-order valence-corrected chi connectivity index (χ0v) is 37.7. The van der Waals surface area contributed by atoms with Crippen LogP contribution in [0.2, 0.25) is 0 Å². The average Bonchev–Trinajstić information content (AvgIpc) is 3.73. The summed E-state index contributed by atoms with van der Waals surface area (Å²) in [6.45, 7) is 12.6. The lowest BCUT2D eigenvalue weighted by molar-refractivity contribution is 0.676. The Hall–Kier alpha value is -5.92. The summed E-state index contributed by atoms with van der Waals surface area (Å²) >= 11 is 0. The molecule has 5 aromatic rings. The number of aryl methyl sites for hydroxylation is 1. The number of anilines is 1. The Bertz CT molecular complexity index is 2350. The van der Waals surface area contributed by atoms with Gasteiger partial charge in [-0.1, -0.05) is 217 Å². The number of allylic oxidation sites excluding steroid dienone is 13. The highest BCUT2D eigenvalue weighted by molar-refractivity contribution is 5.89. The number of nitrogens with zero attached hydrogens (tertiary/aromatic N) is 1. The van der Waals surface area contributed by atoms with Crippen molar-refractivity contribution < 1.29 is 0 Å². The van der Waals surface area contributed by atoms with Crippen molar-refractivity contribution in [2.45, 2.75) is 105 Å². The molecule has 0 saturated heterocycles. The topological polar surface area (TPSA) is 3.24 Å². The van der Waals surface area contributed by atoms with E-state index in [0.29, 0.717) is 0 Å². The molecule has 1 heteroatoms. The lowest BCUT2D eigenvalue weighted by Crippen LogP contribution is -2.36. The summed E-state index contributed by atoms with van der Waals surface area (Å²) in [6.07, 6.45) is 30.1. The summed E-state index contributed by atoms with van der Waals surface area (Å²) in [5.41, 5.74) is 17.3. The molecule has 2 atom stereocenters. The second-order valence-corrected chi connectivity index (χ2v) is 15.6. The molecule has 0 heterocycles. The normalized spacial score (nSPS) is 17.0. The number of hydrogen-bond acceptors (Lipinski definition) is 1. The summed E-state index contributed by atoms with van der Waals surface area (Å²) in [5, 5.41) is 0. The third-order valence-electron chi connectivity index (χ3n) is 11.9. The van der Waals surface area contributed by atoms with E-state index in [2.05, 4.69) is 207 Å². The first-order valence-corrected chi connectivity index (χ1v) is 23.2. The van der Waals surface area contributed by atoms with E-state index in [9.17, 15) is 0 Å². The van der Waals surface area contributed by atoms with Gasteiger partial charge in [0, 0.05) is 17.3 Å². The lowest BCUT2D eigenvalue weighted by Gasteiger charge is -2.38. The molecule has 3 aliphatic carbocycles. The van der Waals surface area contributed by atoms with Crippen LogP contribution in [0.1, 0.15) is 120 Å². The van der Waals surface area contributed by atoms with Gasteiger partial charge in [0.05, 0.1) is 6.04 Å². The third-order valence-corrected chi connectivity index (χ3v) is 11.9. The van der Waals surface area contributed by atoms with Crippen LogP contribution in [0.3, 0.4) is 0 Å². The summed E-state index contributed by atoms with van der Waals surface area (Å²) in [7, 11) is 0. The smallest absolute Gasteiger partial charge is 0.0597 e. The van der Waals surface area contributed by atoms with Crippen LogP contribution in [0.15, 0.2) is 199 Å². The molecule has 0 bridgehead atoms. The molecule has 3 aliphatic rings. The first-order valence-electron chi connectivity index (χ1n) is 23.2. The molecule has 61 heavy (non-hydrogen) atoms. The van der Waals surface area contributed by atoms with Gasteiger partial charge in [0.15, 0.2) is 0 Å². The Morgan fingerprint density at radius 3 is 1.90 bits per heavy atom. The van der Waals surface area contributed by atoms with Crippen molar-refractivity contribution in [2.75, 3.05) is 4.90 Å². The molecule has 312 valence electrons. The first-order chi connectivity index (χ1) is 30.2. The molecule has 2 unspecified atom stereocenters. The zero-order chi connectivity index (χ0) is 42.8. The Morgan fingerprint density at radius 1 is 0.623 bits per heavy atom. The quantitative estimate of drug-likeness (QED) is 0.121. The van der Waals surface area contributed by atoms with Crippen molar-refractivity contribution in [2.24, 2.45) is 0 Å². The first kappa shape index (κ1) is 44.6. The minimum absolute atomic E-state index is 0.145. The van der Waals surface area contributed by atoms with E-state index >= 15 is 0 Å². The fraction of sp³-hybridized carbons (Fsp3) is 0.267. The van der Waals surface area contributed by atoms with Gasteiger partial charge >= 0.3 is 0 Å². The standard InChI is InChI=1S/C56H55N.2C2H6/c1-3-5-18-49-41-50(33-38-54(49)46-23-14-8-15-24-46)55-25-16-9-17-26-56(55)57(52-34-27-42(4-2)28-35-52)53-36-31-45(32-37-53)48-30-29-47(43-19-10-6-11-20-43)39-51(40-48)44-21-12-7-13-22-44;2*1-2/h6-16,19-25,27,29-34,36-41,48,56H,3-5,17-18,26,28,35H2,1-2H3;2*1-2H3. The van der Waals surface area contributed by atoms with Crippen molar-refractivity contribution in [3.8, 4) is 11.1 Å². The Morgan fingerprint density at radius 2 is 1.28 bits per heavy atom. The van der Waals surface area contributed by atoms with Crippen molar-refractivity contribution in [3.63, 3.8) is 0 Å². The Balaban J connectivity index is 0.00000151. The van der Waals surface area contributed by atoms with Crippen molar-refractivity contribution >= 4 is 22.4 Å². The van der Waals surface area contributed by atoms with Gasteiger partial charge in [-0.2, -0.15) is 0 Å². The summed E-state index contributed by atoms with van der Waals surface area (Å²) in [6, 6.07) is 49.5. The van der Waals surface area contributed by atoms with E-state index < -0.39 is 0 Å². The molecule has 0 N–H and O–H groups in total. The van der Waals surface area contributed by atoms with Crippen LogP contribution in [0, 0.1) is 0 Å². The number of unbranched alkanes of at least 4 members (excludes halogenated alkanes) is 1. The molecule has 5 aromatic carbocycles. The van der Waals surface area contributed by atoms with E-state index in [-0.39, 0.29) is 12.0 Å². The molecular formula is C60H67N. The molecule has 0 amide bonds. The van der Waals surface area contributed by atoms with Crippen molar-refractivity contribution in [3.05, 3.63) is 227 Å². The zero-order valence-electron chi connectivity index (χ0n) is 37.7. The van der Waals surface area contributed by atoms with Crippen molar-refractivity contribution in [1.82, 2.24) is 0 Å². The second-order valence-electron chi connectivity index (χ2n) is 15.6. The van der Waals surface area contributed by atoms with E-state index in [1.54, 1.807) is 0 Å². The predicted octanol–water partition coefficient (Wildman–Crippen LogP) is 17.2. The average molecular weight is 802 g/mol.